The molecule has 5 nitrogen and oxygen atoms in total. The van der Waals surface area contributed by atoms with E-state index in [0.29, 0.717) is 0 Å². The van der Waals surface area contributed by atoms with Crippen LogP contribution in [0.25, 0.3) is 0 Å². The van der Waals surface area contributed by atoms with Gasteiger partial charge in [0.1, 0.15) is 0 Å². The molecule has 6 heteroatoms. The minimum Gasteiger partial charge on any atom is -0.550 e. The number of hydrogen-bond donors (Lipinski definition) is 1. The molecule has 0 spiro atoms. The Labute approximate surface area is 79.1 Å². The van der Waals surface area contributed by atoms with E-state index in [9.17, 15) is 19.8 Å². The SMILES string of the molecule is N[C@@H](CCC(=O)[O-])C(=O)[O-].[Ag+2]. The fraction of sp³-hybridized carbons (Fsp3) is 0.600. The predicted octanol–water partition coefficient (Wildman–Crippen LogP) is -3.41. The summed E-state index contributed by atoms with van der Waals surface area (Å²) < 4.78 is 0. The minimum atomic E-state index is -1.44. The molecule has 0 heterocycles. The van der Waals surface area contributed by atoms with Gasteiger partial charge in [-0.15, -0.1) is 0 Å². The minimum absolute atomic E-state index is 0. The zero-order valence-electron chi connectivity index (χ0n) is 5.50. The van der Waals surface area contributed by atoms with Gasteiger partial charge in [0.15, 0.2) is 0 Å². The van der Waals surface area contributed by atoms with Crippen molar-refractivity contribution in [1.29, 1.82) is 0 Å². The summed E-state index contributed by atoms with van der Waals surface area (Å²) in [6.45, 7) is 0. The van der Waals surface area contributed by atoms with Crippen LogP contribution in [0.2, 0.25) is 0 Å². The molecule has 67 valence electrons. The van der Waals surface area contributed by atoms with Crippen molar-refractivity contribution in [3.63, 3.8) is 0 Å². The monoisotopic (exact) mass is 252 g/mol. The molecular weight excluding hydrogens is 246 g/mol. The van der Waals surface area contributed by atoms with Gasteiger partial charge < -0.3 is 25.5 Å². The Hall–Kier alpha value is -0.360. The van der Waals surface area contributed by atoms with Crippen LogP contribution in [0.1, 0.15) is 12.8 Å². The molecule has 0 aliphatic carbocycles. The molecule has 0 aromatic rings. The molecule has 2 N–H and O–H groups in total. The molecule has 1 radical (unpaired) electrons. The first-order valence-corrected chi connectivity index (χ1v) is 2.70. The molecule has 0 bridgehead atoms. The third-order valence-electron chi connectivity index (χ3n) is 0.962. The van der Waals surface area contributed by atoms with Crippen LogP contribution in [-0.4, -0.2) is 18.0 Å². The molecule has 0 saturated carbocycles. The largest absolute Gasteiger partial charge is 2.00 e. The first-order chi connectivity index (χ1) is 4.54. The van der Waals surface area contributed by atoms with E-state index < -0.39 is 18.0 Å². The summed E-state index contributed by atoms with van der Waals surface area (Å²) in [5.41, 5.74) is 4.91. The van der Waals surface area contributed by atoms with Gasteiger partial charge in [-0.3, -0.25) is 0 Å². The smallest absolute Gasteiger partial charge is 0.550 e. The van der Waals surface area contributed by atoms with Crippen molar-refractivity contribution < 1.29 is 42.2 Å². The maximum Gasteiger partial charge on any atom is 2.00 e. The number of carboxylic acid groups (broad SMARTS) is 2. The van der Waals surface area contributed by atoms with E-state index in [1.54, 1.807) is 0 Å². The van der Waals surface area contributed by atoms with E-state index in [0.717, 1.165) is 0 Å². The van der Waals surface area contributed by atoms with E-state index in [-0.39, 0.29) is 35.2 Å². The fourth-order valence-corrected chi connectivity index (χ4v) is 0.391. The quantitative estimate of drug-likeness (QED) is 0.525. The maximum atomic E-state index is 9.86. The third kappa shape index (κ3) is 7.54. The van der Waals surface area contributed by atoms with Crippen molar-refractivity contribution in [2.45, 2.75) is 18.9 Å². The van der Waals surface area contributed by atoms with Crippen LogP contribution in [0.3, 0.4) is 0 Å². The van der Waals surface area contributed by atoms with Crippen molar-refractivity contribution in [2.75, 3.05) is 0 Å². The van der Waals surface area contributed by atoms with Crippen LogP contribution in [-0.2, 0) is 32.0 Å². The Morgan fingerprint density at radius 2 is 1.82 bits per heavy atom. The van der Waals surface area contributed by atoms with Gasteiger partial charge in [0.2, 0.25) is 0 Å². The number of carbonyl (C=O) groups excluding carboxylic acids is 2. The molecule has 0 rings (SSSR count). The Balaban J connectivity index is 0. The summed E-state index contributed by atoms with van der Waals surface area (Å²) in [6, 6.07) is -1.21. The van der Waals surface area contributed by atoms with Crippen LogP contribution in [0, 0.1) is 0 Å². The van der Waals surface area contributed by atoms with E-state index in [2.05, 4.69) is 0 Å². The number of rotatable bonds is 4. The molecule has 0 amide bonds. The van der Waals surface area contributed by atoms with Crippen molar-refractivity contribution in [3.8, 4) is 0 Å². The maximum absolute atomic E-state index is 9.86. The van der Waals surface area contributed by atoms with Crippen LogP contribution in [0.4, 0.5) is 0 Å². The average molecular weight is 253 g/mol. The number of nitrogens with two attached hydrogens (primary N) is 1. The van der Waals surface area contributed by atoms with Gasteiger partial charge in [0.25, 0.3) is 0 Å². The first kappa shape index (κ1) is 13.2. The number of hydrogen-bond acceptors (Lipinski definition) is 5. The molecule has 1 atom stereocenters. The van der Waals surface area contributed by atoms with Gasteiger partial charge in [0, 0.05) is 12.0 Å². The summed E-state index contributed by atoms with van der Waals surface area (Å²) in [7, 11) is 0. The Morgan fingerprint density at radius 3 is 2.09 bits per heavy atom. The molecule has 0 aliphatic heterocycles. The molecule has 0 fully saturated rings. The summed E-state index contributed by atoms with van der Waals surface area (Å²) in [5, 5.41) is 19.6. The van der Waals surface area contributed by atoms with Gasteiger partial charge in [-0.25, -0.2) is 0 Å². The molecule has 0 aliphatic rings. The Morgan fingerprint density at radius 1 is 1.36 bits per heavy atom. The third-order valence-corrected chi connectivity index (χ3v) is 0.962. The zero-order valence-corrected chi connectivity index (χ0v) is 6.99. The average Bonchev–Trinajstić information content (AvgIpc) is 1.82. The fourth-order valence-electron chi connectivity index (χ4n) is 0.391. The summed E-state index contributed by atoms with van der Waals surface area (Å²) >= 11 is 0. The van der Waals surface area contributed by atoms with Gasteiger partial charge in [0.05, 0.1) is 5.97 Å². The van der Waals surface area contributed by atoms with E-state index in [1.807, 2.05) is 0 Å². The van der Waals surface area contributed by atoms with Gasteiger partial charge in [-0.05, 0) is 12.8 Å². The van der Waals surface area contributed by atoms with Crippen molar-refractivity contribution in [1.82, 2.24) is 0 Å². The topological polar surface area (TPSA) is 106 Å². The molecule has 0 aromatic heterocycles. The summed E-state index contributed by atoms with van der Waals surface area (Å²) in [6.07, 6.45) is -0.500. The second-order valence-corrected chi connectivity index (χ2v) is 1.84. The molecule has 0 saturated heterocycles. The van der Waals surface area contributed by atoms with Gasteiger partial charge in [-0.1, -0.05) is 0 Å². The number of carboxylic acids is 2. The van der Waals surface area contributed by atoms with Crippen molar-refractivity contribution >= 4 is 11.9 Å². The summed E-state index contributed by atoms with van der Waals surface area (Å²) in [4.78, 5) is 19.6. The van der Waals surface area contributed by atoms with E-state index in [1.165, 1.54) is 0 Å². The Bertz CT molecular complexity index is 149. The number of carbonyl (C=O) groups is 2. The molecule has 0 aromatic carbocycles. The molecule has 11 heavy (non-hydrogen) atoms. The Kier molecular flexibility index (Phi) is 7.65. The number of aliphatic carboxylic acids is 2. The van der Waals surface area contributed by atoms with Crippen LogP contribution < -0.4 is 15.9 Å². The normalized spacial score (nSPS) is 11.4. The second-order valence-electron chi connectivity index (χ2n) is 1.84. The first-order valence-electron chi connectivity index (χ1n) is 2.70. The van der Waals surface area contributed by atoms with Crippen LogP contribution in [0.15, 0.2) is 0 Å². The van der Waals surface area contributed by atoms with Gasteiger partial charge >= 0.3 is 22.4 Å². The van der Waals surface area contributed by atoms with Gasteiger partial charge in [-0.2, -0.15) is 0 Å². The van der Waals surface area contributed by atoms with E-state index >= 15 is 0 Å². The van der Waals surface area contributed by atoms with Crippen molar-refractivity contribution in [3.05, 3.63) is 0 Å². The second kappa shape index (κ2) is 6.36. The standard InChI is InChI=1S/C5H9NO4.Ag/c6-3(5(9)10)1-2-4(7)8;/h3H,1-2,6H2,(H,7,8)(H,9,10);/q;+2/p-2/t3-;/m0./s1. The van der Waals surface area contributed by atoms with Crippen LogP contribution >= 0.6 is 0 Å². The summed E-state index contributed by atoms with van der Waals surface area (Å²) in [5.74, 6) is -2.75. The molecule has 0 unspecified atom stereocenters. The predicted molar refractivity (Wildman–Crippen MR) is 27.2 cm³/mol. The molecular formula is C5H7AgNO4. The van der Waals surface area contributed by atoms with Crippen LogP contribution in [0.5, 0.6) is 0 Å². The zero-order chi connectivity index (χ0) is 8.15. The van der Waals surface area contributed by atoms with E-state index in [4.69, 9.17) is 5.73 Å². The van der Waals surface area contributed by atoms with Crippen molar-refractivity contribution in [2.24, 2.45) is 5.73 Å².